The molecule has 0 unspecified atom stereocenters. The van der Waals surface area contributed by atoms with E-state index >= 15 is 0 Å². The van der Waals surface area contributed by atoms with Gasteiger partial charge in [0.15, 0.2) is 0 Å². The van der Waals surface area contributed by atoms with Gasteiger partial charge in [0.25, 0.3) is 0 Å². The molecule has 0 aromatic carbocycles. The lowest BCUT2D eigenvalue weighted by molar-refractivity contribution is 0.217. The molecule has 5 nitrogen and oxygen atoms in total. The van der Waals surface area contributed by atoms with E-state index in [4.69, 9.17) is 0 Å². The highest BCUT2D eigenvalue weighted by atomic mass is 32.1. The third-order valence-corrected chi connectivity index (χ3v) is 2.13. The summed E-state index contributed by atoms with van der Waals surface area (Å²) < 4.78 is 0. The quantitative estimate of drug-likeness (QED) is 0.718. The van der Waals surface area contributed by atoms with E-state index < -0.39 is 0 Å². The van der Waals surface area contributed by atoms with E-state index in [0.29, 0.717) is 6.54 Å². The van der Waals surface area contributed by atoms with Gasteiger partial charge in [-0.15, -0.1) is 0 Å². The number of aromatic amines is 1. The molecule has 13 heavy (non-hydrogen) atoms. The van der Waals surface area contributed by atoms with Gasteiger partial charge in [0, 0.05) is 25.2 Å². The predicted molar refractivity (Wildman–Crippen MR) is 50.9 cm³/mol. The Balaban J connectivity index is 2.44. The summed E-state index contributed by atoms with van der Waals surface area (Å²) in [6.07, 6.45) is 0. The van der Waals surface area contributed by atoms with Crippen molar-refractivity contribution in [1.82, 2.24) is 15.2 Å². The SMILES string of the molecule is CN(C)C(=O)NCc1csc(=O)[nH]1. The van der Waals surface area contributed by atoms with Crippen LogP contribution in [0.15, 0.2) is 10.2 Å². The summed E-state index contributed by atoms with van der Waals surface area (Å²) in [5.41, 5.74) is 0.727. The zero-order valence-corrected chi connectivity index (χ0v) is 8.27. The maximum absolute atomic E-state index is 11.0. The number of rotatable bonds is 2. The Bertz CT molecular complexity index is 342. The number of thiazole rings is 1. The molecule has 2 N–H and O–H groups in total. The molecule has 6 heteroatoms. The molecule has 2 amide bonds. The van der Waals surface area contributed by atoms with Crippen LogP contribution >= 0.6 is 11.3 Å². The zero-order valence-electron chi connectivity index (χ0n) is 7.46. The number of hydrogen-bond acceptors (Lipinski definition) is 3. The molecule has 1 aromatic heterocycles. The molecular formula is C7H11N3O2S. The maximum Gasteiger partial charge on any atom is 0.317 e. The molecule has 72 valence electrons. The summed E-state index contributed by atoms with van der Waals surface area (Å²) >= 11 is 1.09. The van der Waals surface area contributed by atoms with Crippen molar-refractivity contribution < 1.29 is 4.79 Å². The van der Waals surface area contributed by atoms with Crippen molar-refractivity contribution in [1.29, 1.82) is 0 Å². The second-order valence-electron chi connectivity index (χ2n) is 2.73. The monoisotopic (exact) mass is 201 g/mol. The molecule has 0 spiro atoms. The number of aromatic nitrogens is 1. The van der Waals surface area contributed by atoms with Crippen molar-refractivity contribution in [2.75, 3.05) is 14.1 Å². The minimum Gasteiger partial charge on any atom is -0.332 e. The summed E-state index contributed by atoms with van der Waals surface area (Å²) in [6.45, 7) is 0.357. The first-order valence-electron chi connectivity index (χ1n) is 3.71. The first-order valence-corrected chi connectivity index (χ1v) is 4.59. The molecule has 1 rings (SSSR count). The Labute approximate surface area is 79.4 Å². The van der Waals surface area contributed by atoms with Gasteiger partial charge in [-0.2, -0.15) is 0 Å². The third kappa shape index (κ3) is 2.90. The molecular weight excluding hydrogens is 190 g/mol. The molecule has 0 aliphatic heterocycles. The number of hydrogen-bond donors (Lipinski definition) is 2. The van der Waals surface area contributed by atoms with Gasteiger partial charge in [0.2, 0.25) is 0 Å². The molecule has 0 radical (unpaired) electrons. The van der Waals surface area contributed by atoms with Crippen LogP contribution in [0.25, 0.3) is 0 Å². The van der Waals surface area contributed by atoms with Crippen LogP contribution in [-0.2, 0) is 6.54 Å². The largest absolute Gasteiger partial charge is 0.332 e. The standard InChI is InChI=1S/C7H11N3O2S/c1-10(2)6(11)8-3-5-4-13-7(12)9-5/h4H,3H2,1-2H3,(H,8,11)(H,9,12). The maximum atomic E-state index is 11.0. The number of nitrogens with one attached hydrogen (secondary N) is 2. The average molecular weight is 201 g/mol. The Morgan fingerprint density at radius 2 is 2.38 bits per heavy atom. The number of H-pyrrole nitrogens is 1. The van der Waals surface area contributed by atoms with Crippen LogP contribution in [0, 0.1) is 0 Å². The number of carbonyl (C=O) groups excluding carboxylic acids is 1. The molecule has 0 aliphatic carbocycles. The van der Waals surface area contributed by atoms with Crippen molar-refractivity contribution >= 4 is 17.4 Å². The van der Waals surface area contributed by atoms with E-state index in [1.165, 1.54) is 4.90 Å². The van der Waals surface area contributed by atoms with Crippen molar-refractivity contribution in [3.63, 3.8) is 0 Å². The highest BCUT2D eigenvalue weighted by molar-refractivity contribution is 7.07. The van der Waals surface area contributed by atoms with E-state index in [2.05, 4.69) is 10.3 Å². The third-order valence-electron chi connectivity index (χ3n) is 1.41. The number of amides is 2. The minimum atomic E-state index is -0.174. The lowest BCUT2D eigenvalue weighted by Gasteiger charge is -2.10. The summed E-state index contributed by atoms with van der Waals surface area (Å²) in [6, 6.07) is -0.174. The Morgan fingerprint density at radius 3 is 2.85 bits per heavy atom. The zero-order chi connectivity index (χ0) is 9.84. The molecule has 0 atom stereocenters. The smallest absolute Gasteiger partial charge is 0.317 e. The van der Waals surface area contributed by atoms with Crippen LogP contribution in [0.3, 0.4) is 0 Å². The van der Waals surface area contributed by atoms with Gasteiger partial charge in [-0.05, 0) is 0 Å². The Morgan fingerprint density at radius 1 is 1.69 bits per heavy atom. The van der Waals surface area contributed by atoms with Crippen LogP contribution in [0.1, 0.15) is 5.69 Å². The van der Waals surface area contributed by atoms with Crippen molar-refractivity contribution in [3.05, 3.63) is 20.7 Å². The first kappa shape index (κ1) is 9.79. The molecule has 0 saturated heterocycles. The average Bonchev–Trinajstić information content (AvgIpc) is 2.47. The molecule has 0 fully saturated rings. The molecule has 1 aromatic rings. The van der Waals surface area contributed by atoms with Crippen LogP contribution in [0.4, 0.5) is 4.79 Å². The fraction of sp³-hybridized carbons (Fsp3) is 0.429. The van der Waals surface area contributed by atoms with Crippen molar-refractivity contribution in [3.8, 4) is 0 Å². The predicted octanol–water partition coefficient (Wildman–Crippen LogP) is 0.208. The molecule has 1 heterocycles. The van der Waals surface area contributed by atoms with E-state index in [1.54, 1.807) is 19.5 Å². The van der Waals surface area contributed by atoms with Gasteiger partial charge in [-0.3, -0.25) is 4.79 Å². The van der Waals surface area contributed by atoms with Crippen molar-refractivity contribution in [2.45, 2.75) is 6.54 Å². The molecule has 0 saturated carbocycles. The van der Waals surface area contributed by atoms with Crippen molar-refractivity contribution in [2.24, 2.45) is 0 Å². The van der Waals surface area contributed by atoms with E-state index in [9.17, 15) is 9.59 Å². The second kappa shape index (κ2) is 4.08. The lowest BCUT2D eigenvalue weighted by atomic mass is 10.5. The lowest BCUT2D eigenvalue weighted by Crippen LogP contribution is -2.34. The van der Waals surface area contributed by atoms with Gasteiger partial charge < -0.3 is 15.2 Å². The van der Waals surface area contributed by atoms with Gasteiger partial charge in [-0.25, -0.2) is 4.79 Å². The summed E-state index contributed by atoms with van der Waals surface area (Å²) in [7, 11) is 3.32. The molecule has 0 bridgehead atoms. The highest BCUT2D eigenvalue weighted by Gasteiger charge is 2.02. The normalized spacial score (nSPS) is 9.69. The second-order valence-corrected chi connectivity index (χ2v) is 3.57. The molecule has 0 aliphatic rings. The highest BCUT2D eigenvalue weighted by Crippen LogP contribution is 1.94. The van der Waals surface area contributed by atoms with Gasteiger partial charge in [0.1, 0.15) is 0 Å². The number of urea groups is 1. The van der Waals surface area contributed by atoms with E-state index in [1.807, 2.05) is 0 Å². The van der Waals surface area contributed by atoms with Crippen LogP contribution in [-0.4, -0.2) is 30.0 Å². The summed E-state index contributed by atoms with van der Waals surface area (Å²) in [4.78, 5) is 25.7. The van der Waals surface area contributed by atoms with Gasteiger partial charge in [-0.1, -0.05) is 11.3 Å². The fourth-order valence-corrected chi connectivity index (χ4v) is 1.31. The number of carbonyl (C=O) groups is 1. The fourth-order valence-electron chi connectivity index (χ4n) is 0.729. The Kier molecular flexibility index (Phi) is 3.07. The topological polar surface area (TPSA) is 65.2 Å². The number of nitrogens with zero attached hydrogens (tertiary/aromatic N) is 1. The van der Waals surface area contributed by atoms with Crippen LogP contribution in [0.2, 0.25) is 0 Å². The van der Waals surface area contributed by atoms with Crippen LogP contribution < -0.4 is 10.2 Å². The van der Waals surface area contributed by atoms with Crippen LogP contribution in [0.5, 0.6) is 0 Å². The minimum absolute atomic E-state index is 0.103. The summed E-state index contributed by atoms with van der Waals surface area (Å²) in [5, 5.41) is 4.33. The van der Waals surface area contributed by atoms with E-state index in [-0.39, 0.29) is 10.9 Å². The summed E-state index contributed by atoms with van der Waals surface area (Å²) in [5.74, 6) is 0. The Hall–Kier alpha value is -1.30. The van der Waals surface area contributed by atoms with Gasteiger partial charge in [0.05, 0.1) is 6.54 Å². The van der Waals surface area contributed by atoms with E-state index in [0.717, 1.165) is 17.0 Å². The van der Waals surface area contributed by atoms with Gasteiger partial charge >= 0.3 is 10.9 Å². The first-order chi connectivity index (χ1) is 6.09.